The number of benzene rings is 1. The SMILES string of the molecule is CC(C)(C)OC(=O)/C(C#N)=C/Nc1ccccc1N. The van der Waals surface area contributed by atoms with Crippen molar-refractivity contribution in [3.05, 3.63) is 36.0 Å². The number of anilines is 2. The normalized spacial score (nSPS) is 11.6. The number of rotatable bonds is 3. The molecule has 1 aromatic carbocycles. The Balaban J connectivity index is 2.82. The number of para-hydroxylation sites is 2. The quantitative estimate of drug-likeness (QED) is 0.376. The molecular weight excluding hydrogens is 242 g/mol. The summed E-state index contributed by atoms with van der Waals surface area (Å²) in [7, 11) is 0. The average Bonchev–Trinajstić information content (AvgIpc) is 2.29. The molecule has 0 atom stereocenters. The second-order valence-corrected chi connectivity index (χ2v) is 4.90. The Bertz CT molecular complexity index is 536. The molecule has 0 saturated heterocycles. The van der Waals surface area contributed by atoms with Crippen LogP contribution in [-0.2, 0) is 9.53 Å². The molecule has 0 heterocycles. The molecule has 100 valence electrons. The largest absolute Gasteiger partial charge is 0.456 e. The number of ether oxygens (including phenoxy) is 1. The molecule has 0 saturated carbocycles. The second-order valence-electron chi connectivity index (χ2n) is 4.90. The van der Waals surface area contributed by atoms with Gasteiger partial charge >= 0.3 is 5.97 Å². The lowest BCUT2D eigenvalue weighted by Gasteiger charge is -2.19. The van der Waals surface area contributed by atoms with Crippen molar-refractivity contribution >= 4 is 17.3 Å². The molecule has 0 aliphatic heterocycles. The van der Waals surface area contributed by atoms with Gasteiger partial charge in [-0.2, -0.15) is 5.26 Å². The van der Waals surface area contributed by atoms with Gasteiger partial charge in [0.1, 0.15) is 11.7 Å². The van der Waals surface area contributed by atoms with Crippen molar-refractivity contribution in [2.75, 3.05) is 11.1 Å². The molecule has 0 radical (unpaired) electrons. The first-order valence-corrected chi connectivity index (χ1v) is 5.78. The Morgan fingerprint density at radius 1 is 1.42 bits per heavy atom. The number of carbonyl (C=O) groups excluding carboxylic acids is 1. The molecular formula is C14H17N3O2. The van der Waals surface area contributed by atoms with Gasteiger partial charge in [-0.25, -0.2) is 4.79 Å². The van der Waals surface area contributed by atoms with Crippen molar-refractivity contribution in [3.63, 3.8) is 0 Å². The van der Waals surface area contributed by atoms with Crippen LogP contribution in [0, 0.1) is 11.3 Å². The third-order valence-electron chi connectivity index (χ3n) is 2.07. The van der Waals surface area contributed by atoms with E-state index in [9.17, 15) is 4.79 Å². The summed E-state index contributed by atoms with van der Waals surface area (Å²) >= 11 is 0. The van der Waals surface area contributed by atoms with Crippen LogP contribution in [0.1, 0.15) is 20.8 Å². The first-order valence-electron chi connectivity index (χ1n) is 5.78. The van der Waals surface area contributed by atoms with Crippen LogP contribution in [0.4, 0.5) is 11.4 Å². The number of nitrogen functional groups attached to an aromatic ring is 1. The Morgan fingerprint density at radius 3 is 2.58 bits per heavy atom. The monoisotopic (exact) mass is 259 g/mol. The number of hydrogen-bond acceptors (Lipinski definition) is 5. The van der Waals surface area contributed by atoms with E-state index in [4.69, 9.17) is 15.7 Å². The van der Waals surface area contributed by atoms with Crippen molar-refractivity contribution in [1.29, 1.82) is 5.26 Å². The number of nitrogens with zero attached hydrogens (tertiary/aromatic N) is 1. The molecule has 5 nitrogen and oxygen atoms in total. The summed E-state index contributed by atoms with van der Waals surface area (Å²) < 4.78 is 5.11. The van der Waals surface area contributed by atoms with E-state index in [-0.39, 0.29) is 5.57 Å². The van der Waals surface area contributed by atoms with Crippen LogP contribution in [0.3, 0.4) is 0 Å². The fourth-order valence-corrected chi connectivity index (χ4v) is 1.25. The van der Waals surface area contributed by atoms with E-state index in [1.165, 1.54) is 6.20 Å². The minimum absolute atomic E-state index is 0.113. The standard InChI is InChI=1S/C14H17N3O2/c1-14(2,3)19-13(18)10(8-15)9-17-12-7-5-4-6-11(12)16/h4-7,9,17H,16H2,1-3H3/b10-9+. The highest BCUT2D eigenvalue weighted by molar-refractivity contribution is 5.93. The third-order valence-corrected chi connectivity index (χ3v) is 2.07. The highest BCUT2D eigenvalue weighted by Gasteiger charge is 2.19. The number of carbonyl (C=O) groups is 1. The molecule has 0 unspecified atom stereocenters. The van der Waals surface area contributed by atoms with Crippen LogP contribution >= 0.6 is 0 Å². The lowest BCUT2D eigenvalue weighted by Crippen LogP contribution is -2.24. The van der Waals surface area contributed by atoms with Crippen molar-refractivity contribution in [3.8, 4) is 6.07 Å². The summed E-state index contributed by atoms with van der Waals surface area (Å²) in [6.07, 6.45) is 1.29. The summed E-state index contributed by atoms with van der Waals surface area (Å²) in [4.78, 5) is 11.7. The van der Waals surface area contributed by atoms with E-state index in [0.717, 1.165) is 0 Å². The van der Waals surface area contributed by atoms with Gasteiger partial charge in [0, 0.05) is 6.20 Å². The molecule has 0 aromatic heterocycles. The zero-order valence-electron chi connectivity index (χ0n) is 11.2. The van der Waals surface area contributed by atoms with Gasteiger partial charge in [-0.05, 0) is 32.9 Å². The van der Waals surface area contributed by atoms with Crippen LogP contribution in [0.25, 0.3) is 0 Å². The molecule has 1 rings (SSSR count). The van der Waals surface area contributed by atoms with Gasteiger partial charge in [0.05, 0.1) is 11.4 Å². The Morgan fingerprint density at radius 2 is 2.05 bits per heavy atom. The maximum absolute atomic E-state index is 11.7. The molecule has 3 N–H and O–H groups in total. The number of hydrogen-bond donors (Lipinski definition) is 2. The maximum Gasteiger partial charge on any atom is 0.350 e. The number of nitrogens with one attached hydrogen (secondary N) is 1. The molecule has 0 bridgehead atoms. The number of esters is 1. The Kier molecular flexibility index (Phi) is 4.54. The Hall–Kier alpha value is -2.48. The van der Waals surface area contributed by atoms with E-state index in [0.29, 0.717) is 11.4 Å². The van der Waals surface area contributed by atoms with Crippen LogP contribution in [-0.4, -0.2) is 11.6 Å². The van der Waals surface area contributed by atoms with Gasteiger partial charge in [-0.15, -0.1) is 0 Å². The average molecular weight is 259 g/mol. The summed E-state index contributed by atoms with van der Waals surface area (Å²) in [6.45, 7) is 5.22. The van der Waals surface area contributed by atoms with Crippen molar-refractivity contribution in [2.45, 2.75) is 26.4 Å². The van der Waals surface area contributed by atoms with Gasteiger partial charge < -0.3 is 15.8 Å². The Labute approximate surface area is 112 Å². The van der Waals surface area contributed by atoms with Crippen LogP contribution in [0.2, 0.25) is 0 Å². The number of nitriles is 1. The molecule has 0 amide bonds. The molecule has 1 aromatic rings. The van der Waals surface area contributed by atoms with Crippen molar-refractivity contribution in [1.82, 2.24) is 0 Å². The molecule has 19 heavy (non-hydrogen) atoms. The highest BCUT2D eigenvalue weighted by Crippen LogP contribution is 2.17. The molecule has 5 heteroatoms. The van der Waals surface area contributed by atoms with Crippen LogP contribution < -0.4 is 11.1 Å². The van der Waals surface area contributed by atoms with Crippen molar-refractivity contribution < 1.29 is 9.53 Å². The highest BCUT2D eigenvalue weighted by atomic mass is 16.6. The summed E-state index contributed by atoms with van der Waals surface area (Å²) in [5.41, 5.74) is 6.13. The summed E-state index contributed by atoms with van der Waals surface area (Å²) in [6, 6.07) is 8.85. The third kappa shape index (κ3) is 4.72. The summed E-state index contributed by atoms with van der Waals surface area (Å²) in [5.74, 6) is -0.669. The van der Waals surface area contributed by atoms with Gasteiger partial charge in [0.2, 0.25) is 0 Å². The lowest BCUT2D eigenvalue weighted by molar-refractivity contribution is -0.149. The lowest BCUT2D eigenvalue weighted by atomic mass is 10.2. The number of nitrogens with two attached hydrogens (primary N) is 1. The smallest absolute Gasteiger partial charge is 0.350 e. The van der Waals surface area contributed by atoms with E-state index in [1.54, 1.807) is 51.1 Å². The predicted octanol–water partition coefficient (Wildman–Crippen LogP) is 2.43. The van der Waals surface area contributed by atoms with E-state index >= 15 is 0 Å². The zero-order valence-corrected chi connectivity index (χ0v) is 11.2. The molecule has 0 aliphatic rings. The second kappa shape index (κ2) is 5.91. The minimum Gasteiger partial charge on any atom is -0.456 e. The summed E-state index contributed by atoms with van der Waals surface area (Å²) in [5, 5.41) is 11.8. The molecule has 0 fully saturated rings. The van der Waals surface area contributed by atoms with Gasteiger partial charge in [-0.3, -0.25) is 0 Å². The minimum atomic E-state index is -0.669. The first-order chi connectivity index (χ1) is 8.83. The van der Waals surface area contributed by atoms with E-state index < -0.39 is 11.6 Å². The maximum atomic E-state index is 11.7. The first kappa shape index (κ1) is 14.6. The van der Waals surface area contributed by atoms with Gasteiger partial charge in [0.25, 0.3) is 0 Å². The van der Waals surface area contributed by atoms with Crippen LogP contribution in [0.15, 0.2) is 36.0 Å². The fourth-order valence-electron chi connectivity index (χ4n) is 1.25. The van der Waals surface area contributed by atoms with Gasteiger partial charge in [-0.1, -0.05) is 12.1 Å². The van der Waals surface area contributed by atoms with Gasteiger partial charge in [0.15, 0.2) is 5.57 Å². The topological polar surface area (TPSA) is 88.1 Å². The van der Waals surface area contributed by atoms with E-state index in [1.807, 2.05) is 0 Å². The predicted molar refractivity (Wildman–Crippen MR) is 74.0 cm³/mol. The molecule has 0 aliphatic carbocycles. The zero-order chi connectivity index (χ0) is 14.5. The molecule has 0 spiro atoms. The van der Waals surface area contributed by atoms with Crippen molar-refractivity contribution in [2.24, 2.45) is 0 Å². The van der Waals surface area contributed by atoms with E-state index in [2.05, 4.69) is 5.32 Å². The van der Waals surface area contributed by atoms with Crippen LogP contribution in [0.5, 0.6) is 0 Å². The fraction of sp³-hybridized carbons (Fsp3) is 0.286.